The van der Waals surface area contributed by atoms with Crippen molar-refractivity contribution < 1.29 is 9.90 Å². The number of nitrogens with one attached hydrogen (secondary N) is 1. The SMILES string of the molecule is CC1(C)CCCc2c(NC3CCN(C(=O)O)C3)nc(N)nc21. The van der Waals surface area contributed by atoms with Crippen LogP contribution in [0.25, 0.3) is 0 Å². The molecule has 2 heterocycles. The van der Waals surface area contributed by atoms with Gasteiger partial charge in [0.05, 0.1) is 5.69 Å². The minimum atomic E-state index is -0.866. The summed E-state index contributed by atoms with van der Waals surface area (Å²) in [5.74, 6) is 1.07. The fourth-order valence-electron chi connectivity index (χ4n) is 3.49. The van der Waals surface area contributed by atoms with Crippen LogP contribution >= 0.6 is 0 Å². The predicted molar refractivity (Wildman–Crippen MR) is 84.0 cm³/mol. The highest BCUT2D eigenvalue weighted by Crippen LogP contribution is 2.38. The minimum absolute atomic E-state index is 0.00382. The van der Waals surface area contributed by atoms with Crippen LogP contribution in [0.1, 0.15) is 44.4 Å². The first-order chi connectivity index (χ1) is 10.4. The number of nitrogens with zero attached hydrogens (tertiary/aromatic N) is 3. The molecule has 1 aliphatic heterocycles. The monoisotopic (exact) mass is 305 g/mol. The average Bonchev–Trinajstić information content (AvgIpc) is 2.88. The van der Waals surface area contributed by atoms with Gasteiger partial charge in [-0.25, -0.2) is 9.78 Å². The zero-order chi connectivity index (χ0) is 15.9. The fraction of sp³-hybridized carbons (Fsp3) is 0.667. The summed E-state index contributed by atoms with van der Waals surface area (Å²) in [6, 6.07) is 0.0829. The van der Waals surface area contributed by atoms with Crippen LogP contribution in [0.3, 0.4) is 0 Å². The van der Waals surface area contributed by atoms with Crippen LogP contribution in [-0.4, -0.2) is 45.2 Å². The second kappa shape index (κ2) is 5.30. The average molecular weight is 305 g/mol. The van der Waals surface area contributed by atoms with Crippen LogP contribution < -0.4 is 11.1 Å². The Balaban J connectivity index is 1.86. The van der Waals surface area contributed by atoms with E-state index < -0.39 is 6.09 Å². The van der Waals surface area contributed by atoms with Crippen molar-refractivity contribution in [3.05, 3.63) is 11.3 Å². The molecule has 22 heavy (non-hydrogen) atoms. The highest BCUT2D eigenvalue weighted by Gasteiger charge is 2.33. The number of carbonyl (C=O) groups is 1. The Kier molecular flexibility index (Phi) is 3.58. The van der Waals surface area contributed by atoms with Crippen LogP contribution in [0, 0.1) is 0 Å². The van der Waals surface area contributed by atoms with Gasteiger partial charge in [0.25, 0.3) is 0 Å². The maximum Gasteiger partial charge on any atom is 0.407 e. The summed E-state index contributed by atoms with van der Waals surface area (Å²) in [7, 11) is 0. The third-order valence-corrected chi connectivity index (χ3v) is 4.69. The number of fused-ring (bicyclic) bond motifs is 1. The molecule has 1 aromatic heterocycles. The molecule has 0 radical (unpaired) electrons. The molecule has 1 aliphatic carbocycles. The maximum absolute atomic E-state index is 11.0. The smallest absolute Gasteiger partial charge is 0.407 e. The maximum atomic E-state index is 11.0. The molecule has 7 heteroatoms. The number of anilines is 2. The summed E-state index contributed by atoms with van der Waals surface area (Å²) in [6.07, 6.45) is 3.06. The molecule has 1 unspecified atom stereocenters. The van der Waals surface area contributed by atoms with Crippen molar-refractivity contribution in [2.45, 2.75) is 51.0 Å². The van der Waals surface area contributed by atoms with Gasteiger partial charge in [-0.1, -0.05) is 13.8 Å². The topological polar surface area (TPSA) is 104 Å². The number of nitrogens with two attached hydrogens (primary N) is 1. The van der Waals surface area contributed by atoms with E-state index in [-0.39, 0.29) is 17.4 Å². The Bertz CT molecular complexity index is 602. The van der Waals surface area contributed by atoms with E-state index in [4.69, 9.17) is 10.8 Å². The molecule has 3 rings (SSSR count). The third kappa shape index (κ3) is 2.67. The largest absolute Gasteiger partial charge is 0.465 e. The van der Waals surface area contributed by atoms with Crippen molar-refractivity contribution in [2.75, 3.05) is 24.1 Å². The molecule has 0 bridgehead atoms. The molecule has 120 valence electrons. The van der Waals surface area contributed by atoms with Gasteiger partial charge < -0.3 is 21.1 Å². The van der Waals surface area contributed by atoms with Crippen molar-refractivity contribution in [2.24, 2.45) is 0 Å². The van der Waals surface area contributed by atoms with Gasteiger partial charge in [-0.3, -0.25) is 0 Å². The zero-order valence-corrected chi connectivity index (χ0v) is 13.1. The lowest BCUT2D eigenvalue weighted by Crippen LogP contribution is -2.32. The molecule has 7 nitrogen and oxygen atoms in total. The number of likely N-dealkylation sites (tertiary alicyclic amines) is 1. The van der Waals surface area contributed by atoms with Crippen LogP contribution in [0.2, 0.25) is 0 Å². The standard InChI is InChI=1S/C15H23N5O2/c1-15(2)6-3-4-10-11(15)18-13(16)19-12(10)17-9-5-7-20(8-9)14(21)22/h9H,3-8H2,1-2H3,(H,21,22)(H3,16,17,18,19). The van der Waals surface area contributed by atoms with E-state index >= 15 is 0 Å². The van der Waals surface area contributed by atoms with Gasteiger partial charge in [0.2, 0.25) is 5.95 Å². The second-order valence-corrected chi connectivity index (χ2v) is 6.85. The van der Waals surface area contributed by atoms with E-state index in [1.165, 1.54) is 4.90 Å². The van der Waals surface area contributed by atoms with E-state index in [0.717, 1.165) is 42.8 Å². The first-order valence-electron chi connectivity index (χ1n) is 7.78. The Morgan fingerprint density at radius 2 is 2.23 bits per heavy atom. The highest BCUT2D eigenvalue weighted by atomic mass is 16.4. The summed E-state index contributed by atoms with van der Waals surface area (Å²) >= 11 is 0. The van der Waals surface area contributed by atoms with E-state index in [9.17, 15) is 4.79 Å². The number of amides is 1. The number of carboxylic acid groups (broad SMARTS) is 1. The van der Waals surface area contributed by atoms with Gasteiger partial charge in [0.1, 0.15) is 5.82 Å². The summed E-state index contributed by atoms with van der Waals surface area (Å²) in [5.41, 5.74) is 8.06. The lowest BCUT2D eigenvalue weighted by atomic mass is 9.76. The molecule has 1 atom stereocenters. The molecule has 1 aromatic rings. The number of hydrogen-bond donors (Lipinski definition) is 3. The number of rotatable bonds is 2. The van der Waals surface area contributed by atoms with Crippen molar-refractivity contribution in [3.8, 4) is 0 Å². The molecule has 0 spiro atoms. The highest BCUT2D eigenvalue weighted by molar-refractivity contribution is 5.65. The Morgan fingerprint density at radius 3 is 2.91 bits per heavy atom. The normalized spacial score (nSPS) is 23.2. The first-order valence-corrected chi connectivity index (χ1v) is 7.78. The summed E-state index contributed by atoms with van der Waals surface area (Å²) in [6.45, 7) is 5.41. The molecular weight excluding hydrogens is 282 g/mol. The molecule has 0 aromatic carbocycles. The number of nitrogen functional groups attached to an aromatic ring is 1. The van der Waals surface area contributed by atoms with E-state index in [1.807, 2.05) is 0 Å². The van der Waals surface area contributed by atoms with Gasteiger partial charge in [0.15, 0.2) is 0 Å². The van der Waals surface area contributed by atoms with E-state index in [0.29, 0.717) is 13.1 Å². The molecule has 0 saturated carbocycles. The molecular formula is C15H23N5O2. The molecule has 2 aliphatic rings. The molecule has 1 fully saturated rings. The van der Waals surface area contributed by atoms with Crippen LogP contribution in [-0.2, 0) is 11.8 Å². The zero-order valence-electron chi connectivity index (χ0n) is 13.1. The lowest BCUT2D eigenvalue weighted by molar-refractivity contribution is 0.155. The molecule has 1 saturated heterocycles. The minimum Gasteiger partial charge on any atom is -0.465 e. The summed E-state index contributed by atoms with van der Waals surface area (Å²) < 4.78 is 0. The fourth-order valence-corrected chi connectivity index (χ4v) is 3.49. The Hall–Kier alpha value is -2.05. The van der Waals surface area contributed by atoms with E-state index in [2.05, 4.69) is 29.1 Å². The Labute approximate surface area is 129 Å². The van der Waals surface area contributed by atoms with Gasteiger partial charge in [0, 0.05) is 30.1 Å². The van der Waals surface area contributed by atoms with Crippen molar-refractivity contribution in [3.63, 3.8) is 0 Å². The first kappa shape index (κ1) is 14.9. The van der Waals surface area contributed by atoms with Crippen LogP contribution in [0.15, 0.2) is 0 Å². The molecule has 4 N–H and O–H groups in total. The van der Waals surface area contributed by atoms with Crippen molar-refractivity contribution in [1.29, 1.82) is 0 Å². The summed E-state index contributed by atoms with van der Waals surface area (Å²) in [5, 5.41) is 12.5. The second-order valence-electron chi connectivity index (χ2n) is 6.85. The number of aromatic nitrogens is 2. The number of hydrogen-bond acceptors (Lipinski definition) is 5. The molecule has 1 amide bonds. The van der Waals surface area contributed by atoms with E-state index in [1.54, 1.807) is 0 Å². The predicted octanol–water partition coefficient (Wildman–Crippen LogP) is 1.84. The third-order valence-electron chi connectivity index (χ3n) is 4.69. The van der Waals surface area contributed by atoms with Gasteiger partial charge in [-0.15, -0.1) is 0 Å². The lowest BCUT2D eigenvalue weighted by Gasteiger charge is -2.32. The van der Waals surface area contributed by atoms with Crippen molar-refractivity contribution >= 4 is 17.9 Å². The van der Waals surface area contributed by atoms with Gasteiger partial charge in [-0.2, -0.15) is 4.98 Å². The van der Waals surface area contributed by atoms with Crippen LogP contribution in [0.4, 0.5) is 16.6 Å². The van der Waals surface area contributed by atoms with Gasteiger partial charge in [-0.05, 0) is 25.7 Å². The Morgan fingerprint density at radius 1 is 1.45 bits per heavy atom. The van der Waals surface area contributed by atoms with Crippen LogP contribution in [0.5, 0.6) is 0 Å². The van der Waals surface area contributed by atoms with Crippen molar-refractivity contribution in [1.82, 2.24) is 14.9 Å². The van der Waals surface area contributed by atoms with Gasteiger partial charge >= 0.3 is 6.09 Å². The quantitative estimate of drug-likeness (QED) is 0.770. The summed E-state index contributed by atoms with van der Waals surface area (Å²) in [4.78, 5) is 21.3.